The predicted octanol–water partition coefficient (Wildman–Crippen LogP) is 3.66. The van der Waals surface area contributed by atoms with Gasteiger partial charge < -0.3 is 10.2 Å². The summed E-state index contributed by atoms with van der Waals surface area (Å²) in [6, 6.07) is 13.2. The second-order valence-electron chi connectivity index (χ2n) is 4.99. The quantitative estimate of drug-likeness (QED) is 0.730. The van der Waals surface area contributed by atoms with Gasteiger partial charge in [0.05, 0.1) is 10.9 Å². The molecule has 0 aliphatic carbocycles. The Morgan fingerprint density at radius 3 is 2.55 bits per heavy atom. The van der Waals surface area contributed by atoms with E-state index in [4.69, 9.17) is 10.2 Å². The average molecular weight is 265 g/mol. The largest absolute Gasteiger partial charge is 0.440 e. The third kappa shape index (κ3) is 1.88. The Morgan fingerprint density at radius 2 is 1.80 bits per heavy atom. The summed E-state index contributed by atoms with van der Waals surface area (Å²) in [4.78, 5) is 12.7. The van der Waals surface area contributed by atoms with Crippen molar-refractivity contribution in [3.05, 3.63) is 63.8 Å². The number of anilines is 1. The van der Waals surface area contributed by atoms with E-state index in [2.05, 4.69) is 0 Å². The molecule has 0 saturated carbocycles. The molecule has 0 aliphatic rings. The van der Waals surface area contributed by atoms with Gasteiger partial charge in [0, 0.05) is 0 Å². The molecular formula is C17H15NO2. The van der Waals surface area contributed by atoms with E-state index in [0.29, 0.717) is 16.5 Å². The molecule has 3 aromatic rings. The lowest BCUT2D eigenvalue weighted by atomic mass is 10.0. The first-order valence-corrected chi connectivity index (χ1v) is 6.47. The molecule has 100 valence electrons. The van der Waals surface area contributed by atoms with E-state index in [1.165, 1.54) is 0 Å². The average Bonchev–Trinajstić information content (AvgIpc) is 2.40. The number of nitrogen functional groups attached to an aromatic ring is 1. The number of hydrogen-bond acceptors (Lipinski definition) is 3. The summed E-state index contributed by atoms with van der Waals surface area (Å²) in [5, 5.41) is 0.565. The summed E-state index contributed by atoms with van der Waals surface area (Å²) in [6.07, 6.45) is 0. The number of aryl methyl sites for hydroxylation is 2. The first-order valence-electron chi connectivity index (χ1n) is 6.47. The van der Waals surface area contributed by atoms with Crippen molar-refractivity contribution in [2.24, 2.45) is 0 Å². The van der Waals surface area contributed by atoms with Crippen LogP contribution in [-0.4, -0.2) is 0 Å². The summed E-state index contributed by atoms with van der Waals surface area (Å²) in [7, 11) is 0. The number of nitrogens with two attached hydrogens (primary N) is 1. The highest BCUT2D eigenvalue weighted by molar-refractivity contribution is 5.87. The zero-order valence-electron chi connectivity index (χ0n) is 11.4. The molecule has 0 atom stereocenters. The van der Waals surface area contributed by atoms with Crippen molar-refractivity contribution in [2.45, 2.75) is 13.8 Å². The summed E-state index contributed by atoms with van der Waals surface area (Å²) >= 11 is 0. The fourth-order valence-corrected chi connectivity index (χ4v) is 2.45. The normalized spacial score (nSPS) is 10.9. The van der Waals surface area contributed by atoms with Gasteiger partial charge in [0.2, 0.25) is 11.3 Å². The van der Waals surface area contributed by atoms with E-state index in [1.807, 2.05) is 50.2 Å². The number of fused-ring (bicyclic) bond motifs is 1. The van der Waals surface area contributed by atoms with Crippen LogP contribution in [0.15, 0.2) is 51.7 Å². The topological polar surface area (TPSA) is 56.2 Å². The smallest absolute Gasteiger partial charge is 0.202 e. The Kier molecular flexibility index (Phi) is 2.83. The molecule has 0 bridgehead atoms. The van der Waals surface area contributed by atoms with Gasteiger partial charge in [-0.1, -0.05) is 42.0 Å². The third-order valence-corrected chi connectivity index (χ3v) is 3.45. The van der Waals surface area contributed by atoms with Crippen LogP contribution in [-0.2, 0) is 0 Å². The summed E-state index contributed by atoms with van der Waals surface area (Å²) in [5.41, 5.74) is 9.66. The highest BCUT2D eigenvalue weighted by Gasteiger charge is 2.15. The summed E-state index contributed by atoms with van der Waals surface area (Å²) in [5.74, 6) is 0.169. The van der Waals surface area contributed by atoms with Crippen molar-refractivity contribution >= 4 is 16.9 Å². The standard InChI is InChI=1S/C17H15NO2/c1-10-5-3-7-12(9-10)14-15(19)13-8-4-6-11(2)16(13)20-17(14)18/h3-9H,18H2,1-2H3. The molecular weight excluding hydrogens is 250 g/mol. The molecule has 2 aromatic carbocycles. The van der Waals surface area contributed by atoms with Crippen LogP contribution in [0.5, 0.6) is 0 Å². The molecule has 0 amide bonds. The van der Waals surface area contributed by atoms with Gasteiger partial charge >= 0.3 is 0 Å². The Bertz CT molecular complexity index is 862. The number of benzene rings is 2. The highest BCUT2D eigenvalue weighted by Crippen LogP contribution is 2.28. The lowest BCUT2D eigenvalue weighted by molar-refractivity contribution is 0.624. The Balaban J connectivity index is 2.41. The van der Waals surface area contributed by atoms with Crippen molar-refractivity contribution in [3.63, 3.8) is 0 Å². The molecule has 0 fully saturated rings. The first kappa shape index (κ1) is 12.5. The molecule has 3 heteroatoms. The van der Waals surface area contributed by atoms with Crippen molar-refractivity contribution in [1.29, 1.82) is 0 Å². The van der Waals surface area contributed by atoms with Crippen LogP contribution in [0, 0.1) is 13.8 Å². The monoisotopic (exact) mass is 265 g/mol. The third-order valence-electron chi connectivity index (χ3n) is 3.45. The van der Waals surface area contributed by atoms with E-state index >= 15 is 0 Å². The fraction of sp³-hybridized carbons (Fsp3) is 0.118. The maximum absolute atomic E-state index is 12.7. The molecule has 0 radical (unpaired) electrons. The number of para-hydroxylation sites is 1. The molecule has 0 aliphatic heterocycles. The van der Waals surface area contributed by atoms with Gasteiger partial charge in [-0.25, -0.2) is 0 Å². The van der Waals surface area contributed by atoms with Gasteiger partial charge in [0.15, 0.2) is 0 Å². The van der Waals surface area contributed by atoms with Gasteiger partial charge in [-0.3, -0.25) is 4.79 Å². The van der Waals surface area contributed by atoms with Gasteiger partial charge in [-0.15, -0.1) is 0 Å². The second kappa shape index (κ2) is 4.53. The van der Waals surface area contributed by atoms with E-state index in [9.17, 15) is 4.79 Å². The minimum atomic E-state index is -0.0851. The molecule has 0 saturated heterocycles. The summed E-state index contributed by atoms with van der Waals surface area (Å²) in [6.45, 7) is 3.88. The SMILES string of the molecule is Cc1cccc(-c2c(N)oc3c(C)cccc3c2=O)c1. The Labute approximate surface area is 116 Å². The van der Waals surface area contributed by atoms with Crippen LogP contribution in [0.4, 0.5) is 5.88 Å². The first-order chi connectivity index (χ1) is 9.58. The van der Waals surface area contributed by atoms with Crippen LogP contribution < -0.4 is 11.2 Å². The molecule has 2 N–H and O–H groups in total. The lowest BCUT2D eigenvalue weighted by Crippen LogP contribution is -2.09. The van der Waals surface area contributed by atoms with Crippen LogP contribution >= 0.6 is 0 Å². The fourth-order valence-electron chi connectivity index (χ4n) is 2.45. The van der Waals surface area contributed by atoms with Crippen LogP contribution in [0.1, 0.15) is 11.1 Å². The van der Waals surface area contributed by atoms with Crippen LogP contribution in [0.3, 0.4) is 0 Å². The van der Waals surface area contributed by atoms with E-state index in [1.54, 1.807) is 6.07 Å². The lowest BCUT2D eigenvalue weighted by Gasteiger charge is -2.08. The van der Waals surface area contributed by atoms with E-state index in [-0.39, 0.29) is 11.3 Å². The molecule has 0 unspecified atom stereocenters. The van der Waals surface area contributed by atoms with Crippen molar-refractivity contribution < 1.29 is 4.42 Å². The molecule has 3 rings (SSSR count). The molecule has 1 aromatic heterocycles. The summed E-state index contributed by atoms with van der Waals surface area (Å²) < 4.78 is 5.68. The zero-order valence-corrected chi connectivity index (χ0v) is 11.4. The number of rotatable bonds is 1. The van der Waals surface area contributed by atoms with Crippen molar-refractivity contribution in [2.75, 3.05) is 5.73 Å². The minimum Gasteiger partial charge on any atom is -0.440 e. The van der Waals surface area contributed by atoms with Crippen LogP contribution in [0.2, 0.25) is 0 Å². The minimum absolute atomic E-state index is 0.0851. The van der Waals surface area contributed by atoms with Gasteiger partial charge in [0.1, 0.15) is 5.58 Å². The molecule has 3 nitrogen and oxygen atoms in total. The molecule has 1 heterocycles. The van der Waals surface area contributed by atoms with E-state index < -0.39 is 0 Å². The van der Waals surface area contributed by atoms with Gasteiger partial charge in [0.25, 0.3) is 0 Å². The second-order valence-corrected chi connectivity index (χ2v) is 4.99. The maximum Gasteiger partial charge on any atom is 0.202 e. The zero-order chi connectivity index (χ0) is 14.3. The number of hydrogen-bond donors (Lipinski definition) is 1. The van der Waals surface area contributed by atoms with Crippen molar-refractivity contribution in [1.82, 2.24) is 0 Å². The molecule has 0 spiro atoms. The Morgan fingerprint density at radius 1 is 1.05 bits per heavy atom. The van der Waals surface area contributed by atoms with Crippen molar-refractivity contribution in [3.8, 4) is 11.1 Å². The predicted molar refractivity (Wildman–Crippen MR) is 81.8 cm³/mol. The van der Waals surface area contributed by atoms with E-state index in [0.717, 1.165) is 16.7 Å². The highest BCUT2D eigenvalue weighted by atomic mass is 16.3. The van der Waals surface area contributed by atoms with Gasteiger partial charge in [-0.05, 0) is 31.0 Å². The molecule has 20 heavy (non-hydrogen) atoms. The van der Waals surface area contributed by atoms with Crippen LogP contribution in [0.25, 0.3) is 22.1 Å². The van der Waals surface area contributed by atoms with Gasteiger partial charge in [-0.2, -0.15) is 0 Å². The maximum atomic E-state index is 12.7. The Hall–Kier alpha value is -2.55.